The third kappa shape index (κ3) is 10.4. The molecule has 0 aliphatic carbocycles. The van der Waals surface area contributed by atoms with Crippen molar-refractivity contribution in [2.45, 2.75) is 58.0 Å². The summed E-state index contributed by atoms with van der Waals surface area (Å²) >= 11 is 17.8. The molecule has 0 aliphatic heterocycles. The normalized spacial score (nSPS) is 11.4. The van der Waals surface area contributed by atoms with Crippen molar-refractivity contribution >= 4 is 56.8 Å². The van der Waals surface area contributed by atoms with Crippen LogP contribution in [0.4, 0.5) is 10.7 Å². The maximum atomic E-state index is 12.4. The Kier molecular flexibility index (Phi) is 13.0. The van der Waals surface area contributed by atoms with Crippen LogP contribution in [0.3, 0.4) is 0 Å². The summed E-state index contributed by atoms with van der Waals surface area (Å²) in [6, 6.07) is 7.90. The number of alkyl halides is 1. The Balaban J connectivity index is 0.000000264. The number of anilines is 1. The van der Waals surface area contributed by atoms with Crippen molar-refractivity contribution in [2.75, 3.05) is 24.9 Å². The Bertz CT molecular complexity index is 1910. The molecule has 0 bridgehead atoms. The van der Waals surface area contributed by atoms with Gasteiger partial charge in [0.25, 0.3) is 10.0 Å². The van der Waals surface area contributed by atoms with E-state index < -0.39 is 21.8 Å². The standard InChI is InChI=1S/C15H18Cl2N2O3.C14H16ClN5O5S/c1-8(2)21-12-7-11(9(16)6-10(12)17)19-14(20)22-13(18-19)15(3,4)5;1-9-16-12(19-14(17-9)24-2)18-13(21)20-26(22,23)11-6-4-3-5-10(11)25-8-7-15/h6-8H,1-5H3;3-6H,7-8H2,1-2H3,(H2,16,17,18,19,20,21). The summed E-state index contributed by atoms with van der Waals surface area (Å²) in [6.07, 6.45) is -0.0642. The topological polar surface area (TPSA) is 190 Å². The van der Waals surface area contributed by atoms with Gasteiger partial charge in [0.1, 0.15) is 28.8 Å². The number of ether oxygens (including phenoxy) is 3. The van der Waals surface area contributed by atoms with E-state index in [1.165, 1.54) is 31.4 Å². The first-order chi connectivity index (χ1) is 22.4. The number of hydrogen-bond acceptors (Lipinski definition) is 12. The molecule has 2 heterocycles. The molecule has 2 N–H and O–H groups in total. The van der Waals surface area contributed by atoms with E-state index in [2.05, 4.69) is 25.4 Å². The molecule has 0 saturated carbocycles. The highest BCUT2D eigenvalue weighted by molar-refractivity contribution is 7.90. The summed E-state index contributed by atoms with van der Waals surface area (Å²) in [7, 11) is -2.85. The average molecular weight is 747 g/mol. The first-order valence-corrected chi connectivity index (χ1v) is 16.9. The van der Waals surface area contributed by atoms with Crippen LogP contribution in [0.2, 0.25) is 10.0 Å². The van der Waals surface area contributed by atoms with E-state index in [0.29, 0.717) is 22.4 Å². The number of benzene rings is 2. The number of hydrogen-bond donors (Lipinski definition) is 2. The number of methoxy groups -OCH3 is 1. The van der Waals surface area contributed by atoms with Crippen molar-refractivity contribution in [1.29, 1.82) is 0 Å². The van der Waals surface area contributed by atoms with Crippen LogP contribution in [-0.2, 0) is 15.4 Å². The molecule has 2 aromatic carbocycles. The third-order valence-electron chi connectivity index (χ3n) is 5.62. The number of rotatable bonds is 10. The summed E-state index contributed by atoms with van der Waals surface area (Å²) in [5, 5.41) is 7.09. The Morgan fingerprint density at radius 3 is 2.35 bits per heavy atom. The fourth-order valence-electron chi connectivity index (χ4n) is 3.61. The van der Waals surface area contributed by atoms with E-state index in [9.17, 15) is 18.0 Å². The highest BCUT2D eigenvalue weighted by atomic mass is 35.5. The van der Waals surface area contributed by atoms with Gasteiger partial charge in [0.05, 0.1) is 34.8 Å². The first kappa shape index (κ1) is 38.3. The van der Waals surface area contributed by atoms with Crippen LogP contribution in [-0.4, -0.2) is 64.9 Å². The number of carbonyl (C=O) groups excluding carboxylic acids is 1. The zero-order valence-electron chi connectivity index (χ0n) is 27.0. The molecule has 0 radical (unpaired) electrons. The lowest BCUT2D eigenvalue weighted by Gasteiger charge is -2.13. The van der Waals surface area contributed by atoms with Gasteiger partial charge in [0, 0.05) is 11.5 Å². The lowest BCUT2D eigenvalue weighted by atomic mass is 9.97. The molecule has 0 spiro atoms. The maximum absolute atomic E-state index is 12.4. The smallest absolute Gasteiger partial charge is 0.442 e. The van der Waals surface area contributed by atoms with Crippen LogP contribution in [0, 0.1) is 6.92 Å². The molecule has 48 heavy (non-hydrogen) atoms. The molecular formula is C29H34Cl3N7O8S. The lowest BCUT2D eigenvalue weighted by Crippen LogP contribution is -2.35. The highest BCUT2D eigenvalue weighted by Gasteiger charge is 2.25. The van der Waals surface area contributed by atoms with Gasteiger partial charge in [-0.3, -0.25) is 5.32 Å². The van der Waals surface area contributed by atoms with Crippen LogP contribution in [0.15, 0.2) is 50.5 Å². The minimum atomic E-state index is -4.20. The largest absolute Gasteiger partial charge is 0.491 e. The summed E-state index contributed by atoms with van der Waals surface area (Å²) in [4.78, 5) is 35.4. The summed E-state index contributed by atoms with van der Waals surface area (Å²) in [6.45, 7) is 11.1. The fourth-order valence-corrected chi connectivity index (χ4v) is 5.25. The maximum Gasteiger partial charge on any atom is 0.442 e. The van der Waals surface area contributed by atoms with Gasteiger partial charge in [-0.25, -0.2) is 22.7 Å². The molecule has 2 aromatic heterocycles. The monoisotopic (exact) mass is 745 g/mol. The Hall–Kier alpha value is -4.12. The van der Waals surface area contributed by atoms with Crippen molar-refractivity contribution in [3.05, 3.63) is 68.7 Å². The fraction of sp³-hybridized carbons (Fsp3) is 0.379. The summed E-state index contributed by atoms with van der Waals surface area (Å²) < 4.78 is 48.8. The lowest BCUT2D eigenvalue weighted by molar-refractivity contribution is 0.242. The van der Waals surface area contributed by atoms with Gasteiger partial charge in [-0.15, -0.1) is 16.7 Å². The van der Waals surface area contributed by atoms with Crippen molar-refractivity contribution in [3.8, 4) is 23.2 Å². The van der Waals surface area contributed by atoms with Crippen LogP contribution in [0.1, 0.15) is 46.3 Å². The zero-order valence-corrected chi connectivity index (χ0v) is 30.1. The average Bonchev–Trinajstić information content (AvgIpc) is 3.39. The summed E-state index contributed by atoms with van der Waals surface area (Å²) in [5.74, 6) is 0.542. The number of sulfonamides is 1. The molecule has 0 atom stereocenters. The molecule has 2 amide bonds. The van der Waals surface area contributed by atoms with Gasteiger partial charge in [0.2, 0.25) is 11.8 Å². The van der Waals surface area contributed by atoms with Gasteiger partial charge < -0.3 is 18.6 Å². The molecule has 0 aliphatic rings. The summed E-state index contributed by atoms with van der Waals surface area (Å²) in [5.41, 5.74) is -0.0217. The van der Waals surface area contributed by atoms with Gasteiger partial charge in [-0.05, 0) is 39.0 Å². The van der Waals surface area contributed by atoms with Gasteiger partial charge >= 0.3 is 17.8 Å². The van der Waals surface area contributed by atoms with E-state index in [1.54, 1.807) is 19.1 Å². The van der Waals surface area contributed by atoms with E-state index in [-0.39, 0.29) is 57.5 Å². The second-order valence-electron chi connectivity index (χ2n) is 11.0. The zero-order chi connectivity index (χ0) is 35.8. The molecule has 15 nitrogen and oxygen atoms in total. The Morgan fingerprint density at radius 2 is 1.75 bits per heavy atom. The van der Waals surface area contributed by atoms with E-state index >= 15 is 0 Å². The number of amides is 2. The number of carbonyl (C=O) groups is 1. The molecule has 0 fully saturated rings. The Morgan fingerprint density at radius 1 is 1.06 bits per heavy atom. The van der Waals surface area contributed by atoms with Crippen molar-refractivity contribution < 1.29 is 31.8 Å². The molecular weight excluding hydrogens is 713 g/mol. The molecule has 19 heteroatoms. The number of aryl methyl sites for hydroxylation is 1. The number of halogens is 3. The second-order valence-corrected chi connectivity index (χ2v) is 13.8. The van der Waals surface area contributed by atoms with Gasteiger partial charge in [-0.2, -0.15) is 19.6 Å². The number of nitrogens with one attached hydrogen (secondary N) is 2. The minimum absolute atomic E-state index is 0.0181. The second kappa shape index (κ2) is 16.3. The minimum Gasteiger partial charge on any atom is -0.491 e. The third-order valence-corrected chi connectivity index (χ3v) is 7.74. The molecule has 4 rings (SSSR count). The van der Waals surface area contributed by atoms with E-state index in [1.807, 2.05) is 39.3 Å². The van der Waals surface area contributed by atoms with Gasteiger partial charge in [0.15, 0.2) is 0 Å². The van der Waals surface area contributed by atoms with Crippen LogP contribution >= 0.6 is 34.8 Å². The quantitative estimate of drug-likeness (QED) is 0.193. The van der Waals surface area contributed by atoms with E-state index in [4.69, 9.17) is 53.4 Å². The molecule has 0 unspecified atom stereocenters. The van der Waals surface area contributed by atoms with Gasteiger partial charge in [-0.1, -0.05) is 56.1 Å². The van der Waals surface area contributed by atoms with Crippen molar-refractivity contribution in [2.24, 2.45) is 0 Å². The highest BCUT2D eigenvalue weighted by Crippen LogP contribution is 2.33. The SMILES string of the molecule is CC(C)Oc1cc(-n2nc(C(C)(C)C)oc2=O)c(Cl)cc1Cl.COc1nc(C)nc(NC(=O)NS(=O)(=O)c2ccccc2OCCCl)n1. The number of para-hydroxylation sites is 1. The van der Waals surface area contributed by atoms with Crippen LogP contribution in [0.25, 0.3) is 5.69 Å². The van der Waals surface area contributed by atoms with Crippen molar-refractivity contribution in [1.82, 2.24) is 29.5 Å². The van der Waals surface area contributed by atoms with Crippen molar-refractivity contribution in [3.63, 3.8) is 0 Å². The Labute approximate surface area is 291 Å². The molecule has 4 aromatic rings. The van der Waals surface area contributed by atoms with Crippen LogP contribution in [0.5, 0.6) is 17.5 Å². The molecule has 0 saturated heterocycles. The predicted molar refractivity (Wildman–Crippen MR) is 180 cm³/mol. The van der Waals surface area contributed by atoms with Crippen LogP contribution < -0.4 is 30.0 Å². The number of aromatic nitrogens is 5. The number of nitrogens with zero attached hydrogens (tertiary/aromatic N) is 5. The predicted octanol–water partition coefficient (Wildman–Crippen LogP) is 5.53. The number of urea groups is 1. The molecule has 260 valence electrons. The van der Waals surface area contributed by atoms with E-state index in [0.717, 1.165) is 4.68 Å². The first-order valence-electron chi connectivity index (χ1n) is 14.1.